The van der Waals surface area contributed by atoms with Gasteiger partial charge in [-0.25, -0.2) is 28.1 Å². The van der Waals surface area contributed by atoms with Crippen LogP contribution in [0.5, 0.6) is 0 Å². The molecule has 2 aromatic carbocycles. The van der Waals surface area contributed by atoms with Crippen LogP contribution in [0.2, 0.25) is 0 Å². The number of aromatic nitrogens is 2. The molecule has 68 heavy (non-hydrogen) atoms. The van der Waals surface area contributed by atoms with E-state index in [1.54, 1.807) is 12.1 Å². The summed E-state index contributed by atoms with van der Waals surface area (Å²) < 4.78 is 157. The molecular formula is C43H54F10IN7O7. The third kappa shape index (κ3) is 15.8. The summed E-state index contributed by atoms with van der Waals surface area (Å²) in [5.74, 6) is -6.01. The number of benzene rings is 2. The first-order valence-corrected chi connectivity index (χ1v) is 21.6. The Morgan fingerprint density at radius 3 is 1.60 bits per heavy atom. The quantitative estimate of drug-likeness (QED) is 0.0503. The first kappa shape index (κ1) is 57.4. The smallest absolute Gasteiger partial charge is 0.408 e. The van der Waals surface area contributed by atoms with E-state index in [0.29, 0.717) is 54.0 Å². The van der Waals surface area contributed by atoms with Gasteiger partial charge in [-0.2, -0.15) is 40.2 Å². The number of alkyl carbamates (subject to hydrolysis) is 2. The Balaban J connectivity index is 2.20. The number of carbonyl (C=O) groups is 4. The fraction of sp³-hybridized carbons (Fsp3) is 0.558. The minimum Gasteiger partial charge on any atom is -0.444 e. The number of carbonyl (C=O) groups excluding carboxylic acids is 4. The van der Waals surface area contributed by atoms with Crippen molar-refractivity contribution in [3.05, 3.63) is 75.0 Å². The van der Waals surface area contributed by atoms with Crippen LogP contribution in [0.4, 0.5) is 53.5 Å². The van der Waals surface area contributed by atoms with Gasteiger partial charge in [-0.3, -0.25) is 15.0 Å². The molecule has 5 N–H and O–H groups in total. The first-order valence-electron chi connectivity index (χ1n) is 20.6. The number of hydrazine groups is 1. The van der Waals surface area contributed by atoms with E-state index < -0.39 is 126 Å². The van der Waals surface area contributed by atoms with E-state index in [-0.39, 0.29) is 15.9 Å². The van der Waals surface area contributed by atoms with Crippen LogP contribution in [0, 0.1) is 26.0 Å². The second kappa shape index (κ2) is 21.8. The zero-order valence-electron chi connectivity index (χ0n) is 38.5. The normalized spacial score (nSPS) is 14.8. The Morgan fingerprint density at radius 1 is 0.735 bits per heavy atom. The molecule has 4 atom stereocenters. The Kier molecular flexibility index (Phi) is 18.4. The van der Waals surface area contributed by atoms with Gasteiger partial charge in [0.15, 0.2) is 0 Å². The monoisotopic (exact) mass is 1100 g/mol. The predicted octanol–water partition coefficient (Wildman–Crippen LogP) is 8.71. The number of nitrogens with zero attached hydrogens (tertiary/aromatic N) is 3. The summed E-state index contributed by atoms with van der Waals surface area (Å²) in [5.41, 5.74) is -7.83. The van der Waals surface area contributed by atoms with Crippen molar-refractivity contribution in [2.75, 3.05) is 6.54 Å². The molecule has 1 heterocycles. The second-order valence-corrected chi connectivity index (χ2v) is 20.1. The maximum absolute atomic E-state index is 15.9. The summed E-state index contributed by atoms with van der Waals surface area (Å²) >= 11 is 1.96. The van der Waals surface area contributed by atoms with Crippen molar-refractivity contribution in [2.24, 2.45) is 10.8 Å². The standard InChI is InChI=1S/C43H54F10IN7O7/c1-38(2,3)67-36(65)56-31(40(7,8)42(48,49)50)33(63)55-29(17-22-11-13-24(54)14-12-22)30(62)21-60(20-25-26(44)18-23(19-27(25)45)28-15-16-61(58-28)35(46)47)59-34(64)32(41(9,10)43(51,52)53)57-37(66)68-39(4,5)6/h11-16,18-19,29-32,35,62H,17,20-21H2,1-10H3,(H,55,63)(H,56,65)(H,57,66)(H,59,64)/t29-,30-,31+,32+/m0/s1. The summed E-state index contributed by atoms with van der Waals surface area (Å²) in [6, 6.07) is 1.88. The second-order valence-electron chi connectivity index (χ2n) is 18.8. The minimum absolute atomic E-state index is 0.202. The van der Waals surface area contributed by atoms with E-state index in [4.69, 9.17) is 9.47 Å². The Hall–Kier alpha value is -4.92. The zero-order valence-corrected chi connectivity index (χ0v) is 40.7. The molecule has 0 aliphatic carbocycles. The highest BCUT2D eigenvalue weighted by molar-refractivity contribution is 14.1. The van der Waals surface area contributed by atoms with Gasteiger partial charge in [0.25, 0.3) is 5.91 Å². The van der Waals surface area contributed by atoms with Crippen molar-refractivity contribution in [1.29, 1.82) is 0 Å². The van der Waals surface area contributed by atoms with Crippen LogP contribution in [-0.4, -0.2) is 98.2 Å². The lowest BCUT2D eigenvalue weighted by molar-refractivity contribution is -0.221. The van der Waals surface area contributed by atoms with Crippen LogP contribution in [-0.2, 0) is 32.0 Å². The van der Waals surface area contributed by atoms with Crippen LogP contribution in [0.15, 0.2) is 48.7 Å². The van der Waals surface area contributed by atoms with Gasteiger partial charge >= 0.3 is 31.1 Å². The highest BCUT2D eigenvalue weighted by atomic mass is 127. The van der Waals surface area contributed by atoms with Gasteiger partial charge in [-0.1, -0.05) is 12.1 Å². The SMILES string of the molecule is CC(C)(C)OC(=O)N[C@H](C(=O)N[C@@H](Cc1ccc(I)cc1)[C@@H](O)CN(Cc1c(F)cc(-c2ccn(C(F)F)n2)cc1F)NC(=O)[C@@H](NC(=O)OC(C)(C)C)C(C)(C)C(F)(F)F)C(C)(C)C(F)(F)F. The van der Waals surface area contributed by atoms with Crippen molar-refractivity contribution in [2.45, 2.75) is 137 Å². The predicted molar refractivity (Wildman–Crippen MR) is 234 cm³/mol. The van der Waals surface area contributed by atoms with E-state index in [1.165, 1.54) is 53.7 Å². The summed E-state index contributed by atoms with van der Waals surface area (Å²) in [4.78, 5) is 53.8. The molecule has 0 aliphatic heterocycles. The summed E-state index contributed by atoms with van der Waals surface area (Å²) in [5, 5.41) is 22.1. The van der Waals surface area contributed by atoms with Gasteiger partial charge in [0.05, 0.1) is 28.7 Å². The maximum atomic E-state index is 15.9. The van der Waals surface area contributed by atoms with Crippen LogP contribution in [0.25, 0.3) is 11.3 Å². The van der Waals surface area contributed by atoms with Crippen LogP contribution in [0.3, 0.4) is 0 Å². The largest absolute Gasteiger partial charge is 0.444 e. The average Bonchev–Trinajstić information content (AvgIpc) is 3.66. The molecule has 0 bridgehead atoms. The summed E-state index contributed by atoms with van der Waals surface area (Å²) in [6.45, 7) is 5.36. The van der Waals surface area contributed by atoms with Gasteiger partial charge in [-0.05, 0) is 134 Å². The fourth-order valence-electron chi connectivity index (χ4n) is 6.17. The van der Waals surface area contributed by atoms with E-state index >= 15 is 8.78 Å². The Labute approximate surface area is 399 Å². The van der Waals surface area contributed by atoms with Crippen molar-refractivity contribution >= 4 is 46.6 Å². The maximum Gasteiger partial charge on any atom is 0.408 e. The number of aliphatic hydroxyl groups excluding tert-OH is 1. The molecule has 0 fully saturated rings. The molecule has 0 saturated carbocycles. The number of halogens is 11. The third-order valence-electron chi connectivity index (χ3n) is 10.2. The molecule has 0 saturated heterocycles. The molecule has 4 amide bonds. The van der Waals surface area contributed by atoms with Gasteiger partial charge in [-0.15, -0.1) is 0 Å². The Bertz CT molecular complexity index is 2220. The summed E-state index contributed by atoms with van der Waals surface area (Å²) in [7, 11) is 0. The van der Waals surface area contributed by atoms with E-state index in [9.17, 15) is 59.4 Å². The van der Waals surface area contributed by atoms with Crippen molar-refractivity contribution in [3.63, 3.8) is 0 Å². The lowest BCUT2D eigenvalue weighted by Crippen LogP contribution is -2.64. The number of nitrogens with one attached hydrogen (secondary N) is 4. The van der Waals surface area contributed by atoms with Crippen molar-refractivity contribution < 1.29 is 77.7 Å². The Morgan fingerprint density at radius 2 is 1.19 bits per heavy atom. The molecule has 0 radical (unpaired) electrons. The third-order valence-corrected chi connectivity index (χ3v) is 10.9. The zero-order chi connectivity index (χ0) is 52.1. The summed E-state index contributed by atoms with van der Waals surface area (Å²) in [6.07, 6.45) is -15.0. The topological polar surface area (TPSA) is 176 Å². The van der Waals surface area contributed by atoms with Gasteiger partial charge < -0.3 is 30.5 Å². The van der Waals surface area contributed by atoms with E-state index in [0.717, 1.165) is 12.3 Å². The number of amides is 4. The van der Waals surface area contributed by atoms with Crippen molar-refractivity contribution in [3.8, 4) is 11.3 Å². The molecule has 0 unspecified atom stereocenters. The molecule has 0 spiro atoms. The van der Waals surface area contributed by atoms with Gasteiger partial charge in [0.2, 0.25) is 5.91 Å². The lowest BCUT2D eigenvalue weighted by Gasteiger charge is -2.38. The molecule has 3 rings (SSSR count). The number of hydrogen-bond acceptors (Lipinski definition) is 9. The minimum atomic E-state index is -5.23. The highest BCUT2D eigenvalue weighted by Crippen LogP contribution is 2.42. The van der Waals surface area contributed by atoms with Crippen LogP contribution < -0.4 is 21.4 Å². The van der Waals surface area contributed by atoms with E-state index in [1.807, 2.05) is 38.7 Å². The fourth-order valence-corrected chi connectivity index (χ4v) is 6.53. The molecule has 380 valence electrons. The highest BCUT2D eigenvalue weighted by Gasteiger charge is 2.57. The number of ether oxygens (including phenoxy) is 2. The van der Waals surface area contributed by atoms with Crippen molar-refractivity contribution in [1.82, 2.24) is 36.2 Å². The average molecular weight is 1100 g/mol. The number of aliphatic hydroxyl groups is 1. The molecule has 14 nitrogen and oxygen atoms in total. The first-order chi connectivity index (χ1) is 30.8. The number of rotatable bonds is 17. The molecular weight excluding hydrogens is 1040 g/mol. The lowest BCUT2D eigenvalue weighted by atomic mass is 9.82. The molecule has 0 aliphatic rings. The number of hydrogen-bond donors (Lipinski definition) is 5. The molecule has 1 aromatic heterocycles. The van der Waals surface area contributed by atoms with Gasteiger partial charge in [0, 0.05) is 34.0 Å². The van der Waals surface area contributed by atoms with Crippen LogP contribution >= 0.6 is 22.6 Å². The van der Waals surface area contributed by atoms with Crippen LogP contribution in [0.1, 0.15) is 86.9 Å². The molecule has 3 aromatic rings. The van der Waals surface area contributed by atoms with E-state index in [2.05, 4.69) is 10.4 Å². The van der Waals surface area contributed by atoms with Gasteiger partial charge in [0.1, 0.15) is 34.9 Å². The molecule has 25 heteroatoms. The number of alkyl halides is 8.